The minimum Gasteiger partial charge on any atom is -0.478 e. The van der Waals surface area contributed by atoms with Gasteiger partial charge in [0.1, 0.15) is 24.4 Å². The predicted octanol–water partition coefficient (Wildman–Crippen LogP) is 1.29. The summed E-state index contributed by atoms with van der Waals surface area (Å²) in [6.45, 7) is 3.78. The van der Waals surface area contributed by atoms with Crippen LogP contribution in [0.1, 0.15) is 79.5 Å². The maximum Gasteiger partial charge on any atom is 0.337 e. The number of nitrogens with one attached hydrogen (secondary N) is 4. The van der Waals surface area contributed by atoms with E-state index in [0.717, 1.165) is 43.1 Å². The first-order chi connectivity index (χ1) is 22.4. The fraction of sp³-hybridized carbons (Fsp3) is 0.545. The summed E-state index contributed by atoms with van der Waals surface area (Å²) in [5.41, 5.74) is -1.02. The van der Waals surface area contributed by atoms with E-state index in [1.807, 2.05) is 0 Å². The smallest absolute Gasteiger partial charge is 0.337 e. The molecule has 4 fully saturated rings. The van der Waals surface area contributed by atoms with Crippen LogP contribution in [0.5, 0.6) is 0 Å². The Labute approximate surface area is 271 Å². The Balaban J connectivity index is 1.26. The average Bonchev–Trinajstić information content (AvgIpc) is 3.44. The number of aromatic nitrogens is 2. The standard InChI is InChI=1S/C33H42N6O8/c1-3-35-30(44)26(40)7-6-24(37-28(42)21-12-22(32(46)47)16-34-15-21)29(43)38-25-5-4-8-39(31(25)45)17-27(41)36-18(2)33-13-19-9-20(14-33)11-23(33)10-19/h4-5,8,12,15-16,18-20,23-24,26,40H,3,6-7,9-11,13-14,17H2,1-2H3,(H,35,44)(H,36,41)(H,37,42)(H,38,43)(H,46,47)/t18?,19?,20?,23?,24-,26?,33?/m0/s1. The van der Waals surface area contributed by atoms with Crippen molar-refractivity contribution in [3.05, 3.63) is 58.3 Å². The number of aliphatic hydroxyl groups is 1. The number of anilines is 1. The van der Waals surface area contributed by atoms with Crippen LogP contribution in [0.15, 0.2) is 41.6 Å². The van der Waals surface area contributed by atoms with Crippen molar-refractivity contribution in [2.75, 3.05) is 11.9 Å². The van der Waals surface area contributed by atoms with Crippen LogP contribution in [0.4, 0.5) is 5.69 Å². The number of aromatic carboxylic acids is 1. The molecular formula is C33H42N6O8. The third-order valence-electron chi connectivity index (χ3n) is 10.1. The molecule has 4 amide bonds. The van der Waals surface area contributed by atoms with Crippen molar-refractivity contribution in [3.8, 4) is 0 Å². The number of carbonyl (C=O) groups is 5. The van der Waals surface area contributed by atoms with E-state index in [4.69, 9.17) is 0 Å². The number of rotatable bonds is 14. The Bertz CT molecular complexity index is 1590. The van der Waals surface area contributed by atoms with E-state index in [9.17, 15) is 39.0 Å². The monoisotopic (exact) mass is 650 g/mol. The Morgan fingerprint density at radius 1 is 1.02 bits per heavy atom. The number of carboxylic acid groups (broad SMARTS) is 1. The summed E-state index contributed by atoms with van der Waals surface area (Å²) in [6.07, 6.45) is 7.79. The highest BCUT2D eigenvalue weighted by molar-refractivity contribution is 6.02. The van der Waals surface area contributed by atoms with E-state index < -0.39 is 41.4 Å². The van der Waals surface area contributed by atoms with Gasteiger partial charge in [-0.3, -0.25) is 29.0 Å². The van der Waals surface area contributed by atoms with E-state index in [1.54, 1.807) is 6.92 Å². The van der Waals surface area contributed by atoms with Crippen LogP contribution >= 0.6 is 0 Å². The molecule has 4 aliphatic rings. The molecule has 4 bridgehead atoms. The van der Waals surface area contributed by atoms with Crippen molar-refractivity contribution in [1.82, 2.24) is 25.5 Å². The van der Waals surface area contributed by atoms with Crippen molar-refractivity contribution in [2.24, 2.45) is 23.2 Å². The molecule has 0 aliphatic heterocycles. The minimum atomic E-state index is -1.47. The lowest BCUT2D eigenvalue weighted by Crippen LogP contribution is -2.48. The maximum absolute atomic E-state index is 13.4. The van der Waals surface area contributed by atoms with Gasteiger partial charge >= 0.3 is 5.97 Å². The van der Waals surface area contributed by atoms with Crippen molar-refractivity contribution in [2.45, 2.75) is 83.5 Å². The predicted molar refractivity (Wildman–Crippen MR) is 169 cm³/mol. The highest BCUT2D eigenvalue weighted by Gasteiger charge is 2.59. The lowest BCUT2D eigenvalue weighted by atomic mass is 9.71. The van der Waals surface area contributed by atoms with Gasteiger partial charge in [-0.05, 0) is 100 Å². The molecule has 14 nitrogen and oxygen atoms in total. The molecule has 47 heavy (non-hydrogen) atoms. The molecule has 0 spiro atoms. The summed E-state index contributed by atoms with van der Waals surface area (Å²) in [5, 5.41) is 30.1. The van der Waals surface area contributed by atoms with Crippen molar-refractivity contribution in [3.63, 3.8) is 0 Å². The van der Waals surface area contributed by atoms with Gasteiger partial charge in [0, 0.05) is 31.2 Å². The van der Waals surface area contributed by atoms with Crippen LogP contribution in [-0.2, 0) is 20.9 Å². The SMILES string of the molecule is CCNC(=O)C(O)CC[C@H](NC(=O)c1cncc(C(=O)O)c1)C(=O)Nc1cccn(CC(=O)NC(C)C23CC4CC(CC2C4)C3)c1=O. The Morgan fingerprint density at radius 3 is 2.40 bits per heavy atom. The van der Waals surface area contributed by atoms with Gasteiger partial charge in [-0.15, -0.1) is 0 Å². The molecule has 0 saturated heterocycles. The first-order valence-corrected chi connectivity index (χ1v) is 16.1. The van der Waals surface area contributed by atoms with E-state index in [-0.39, 0.29) is 60.1 Å². The molecule has 5 atom stereocenters. The fourth-order valence-corrected chi connectivity index (χ4v) is 8.07. The zero-order valence-corrected chi connectivity index (χ0v) is 26.5. The highest BCUT2D eigenvalue weighted by atomic mass is 16.4. The Kier molecular flexibility index (Phi) is 10.1. The number of nitrogens with zero attached hydrogens (tertiary/aromatic N) is 2. The lowest BCUT2D eigenvalue weighted by Gasteiger charge is -2.39. The summed E-state index contributed by atoms with van der Waals surface area (Å²) >= 11 is 0. The molecule has 252 valence electrons. The molecule has 6 rings (SSSR count). The van der Waals surface area contributed by atoms with Gasteiger partial charge in [0.15, 0.2) is 0 Å². The maximum atomic E-state index is 13.4. The Hall–Kier alpha value is -4.59. The van der Waals surface area contributed by atoms with Gasteiger partial charge in [0.25, 0.3) is 11.5 Å². The van der Waals surface area contributed by atoms with Gasteiger partial charge in [0.2, 0.25) is 17.7 Å². The molecule has 4 unspecified atom stereocenters. The lowest BCUT2D eigenvalue weighted by molar-refractivity contribution is -0.130. The van der Waals surface area contributed by atoms with E-state index in [1.165, 1.54) is 42.2 Å². The van der Waals surface area contributed by atoms with Gasteiger partial charge < -0.3 is 36.0 Å². The molecule has 2 aromatic heterocycles. The average molecular weight is 651 g/mol. The van der Waals surface area contributed by atoms with Crippen molar-refractivity contribution < 1.29 is 34.2 Å². The van der Waals surface area contributed by atoms with Crippen molar-refractivity contribution >= 4 is 35.3 Å². The number of hydrogen-bond acceptors (Lipinski definition) is 8. The largest absolute Gasteiger partial charge is 0.478 e. The van der Waals surface area contributed by atoms with Crippen LogP contribution in [0.2, 0.25) is 0 Å². The number of carbonyl (C=O) groups excluding carboxylic acids is 4. The summed E-state index contributed by atoms with van der Waals surface area (Å²) in [5.74, 6) is -1.77. The molecule has 0 radical (unpaired) electrons. The second-order valence-electron chi connectivity index (χ2n) is 13.2. The van der Waals surface area contributed by atoms with E-state index in [2.05, 4.69) is 33.2 Å². The minimum absolute atomic E-state index is 0.0144. The van der Waals surface area contributed by atoms with Crippen LogP contribution in [0.25, 0.3) is 0 Å². The molecule has 0 aromatic carbocycles. The van der Waals surface area contributed by atoms with Gasteiger partial charge in [-0.25, -0.2) is 4.79 Å². The molecule has 4 aliphatic carbocycles. The van der Waals surface area contributed by atoms with Crippen LogP contribution < -0.4 is 26.8 Å². The van der Waals surface area contributed by atoms with Gasteiger partial charge in [0.05, 0.1) is 11.1 Å². The zero-order chi connectivity index (χ0) is 33.9. The van der Waals surface area contributed by atoms with E-state index in [0.29, 0.717) is 5.92 Å². The fourth-order valence-electron chi connectivity index (χ4n) is 8.07. The quantitative estimate of drug-likeness (QED) is 0.174. The summed E-state index contributed by atoms with van der Waals surface area (Å²) in [7, 11) is 0. The van der Waals surface area contributed by atoms with Gasteiger partial charge in [-0.2, -0.15) is 0 Å². The number of hydrogen-bond donors (Lipinski definition) is 6. The van der Waals surface area contributed by atoms with Crippen molar-refractivity contribution in [1.29, 1.82) is 0 Å². The number of aliphatic hydroxyl groups excluding tert-OH is 1. The Morgan fingerprint density at radius 2 is 1.72 bits per heavy atom. The highest BCUT2D eigenvalue weighted by Crippen LogP contribution is 2.66. The van der Waals surface area contributed by atoms with E-state index >= 15 is 0 Å². The molecule has 6 N–H and O–H groups in total. The molecule has 14 heteroatoms. The zero-order valence-electron chi connectivity index (χ0n) is 26.5. The number of amides is 4. The normalized spacial score (nSPS) is 24.2. The number of likely N-dealkylation sites (N-methyl/N-ethyl adjacent to an activating group) is 1. The number of pyridine rings is 2. The molecule has 2 aromatic rings. The number of carboxylic acids is 1. The molecule has 2 heterocycles. The third-order valence-corrected chi connectivity index (χ3v) is 10.1. The second kappa shape index (κ2) is 14.0. The first kappa shape index (κ1) is 33.8. The van der Waals surface area contributed by atoms with Crippen LogP contribution in [0.3, 0.4) is 0 Å². The second-order valence-corrected chi connectivity index (χ2v) is 13.2. The topological polar surface area (TPSA) is 209 Å². The summed E-state index contributed by atoms with van der Waals surface area (Å²) in [6, 6.07) is 2.62. The van der Waals surface area contributed by atoms with Gasteiger partial charge in [-0.1, -0.05) is 0 Å². The molecule has 4 saturated carbocycles. The summed E-state index contributed by atoms with van der Waals surface area (Å²) < 4.78 is 1.20. The summed E-state index contributed by atoms with van der Waals surface area (Å²) in [4.78, 5) is 80.0. The van der Waals surface area contributed by atoms with Crippen LogP contribution in [0, 0.1) is 23.2 Å². The third kappa shape index (κ3) is 7.37. The van der Waals surface area contributed by atoms with Crippen LogP contribution in [-0.4, -0.2) is 74.1 Å². The molecular weight excluding hydrogens is 608 g/mol. The first-order valence-electron chi connectivity index (χ1n) is 16.1.